The van der Waals surface area contributed by atoms with Crippen LogP contribution in [0.5, 0.6) is 0 Å². The van der Waals surface area contributed by atoms with E-state index in [4.69, 9.17) is 11.6 Å². The third-order valence-corrected chi connectivity index (χ3v) is 4.59. The predicted octanol–water partition coefficient (Wildman–Crippen LogP) is 5.42. The first kappa shape index (κ1) is 16.3. The normalized spacial score (nSPS) is 13.0. The maximum atomic E-state index is 6.22. The molecule has 1 N–H and O–H groups in total. The highest BCUT2D eigenvalue weighted by Gasteiger charge is 2.12. The van der Waals surface area contributed by atoms with Crippen molar-refractivity contribution >= 4 is 34.2 Å². The van der Waals surface area contributed by atoms with Crippen LogP contribution in [0.15, 0.2) is 18.2 Å². The fourth-order valence-electron chi connectivity index (χ4n) is 1.93. The molecular weight excluding hydrogens is 357 g/mol. The molecule has 1 aromatic carbocycles. The van der Waals surface area contributed by atoms with Crippen molar-refractivity contribution in [3.05, 3.63) is 32.4 Å². The van der Waals surface area contributed by atoms with E-state index in [1.54, 1.807) is 0 Å². The molecule has 1 unspecified atom stereocenters. The number of nitrogens with one attached hydrogen (secondary N) is 1. The SMILES string of the molecule is CCCNC(CCC(C)C)c1ccc(I)c(Cl)c1. The Labute approximate surface area is 130 Å². The van der Waals surface area contributed by atoms with Crippen LogP contribution in [-0.2, 0) is 0 Å². The lowest BCUT2D eigenvalue weighted by molar-refractivity contribution is 0.440. The van der Waals surface area contributed by atoms with Crippen LogP contribution >= 0.6 is 34.2 Å². The summed E-state index contributed by atoms with van der Waals surface area (Å²) in [5, 5.41) is 4.49. The van der Waals surface area contributed by atoms with Gasteiger partial charge in [0.25, 0.3) is 0 Å². The first-order chi connectivity index (χ1) is 8.54. The van der Waals surface area contributed by atoms with Crippen molar-refractivity contribution in [2.24, 2.45) is 5.92 Å². The second-order valence-electron chi connectivity index (χ2n) is 5.15. The summed E-state index contributed by atoms with van der Waals surface area (Å²) in [7, 11) is 0. The van der Waals surface area contributed by atoms with Crippen LogP contribution in [0.25, 0.3) is 0 Å². The highest BCUT2D eigenvalue weighted by Crippen LogP contribution is 2.26. The summed E-state index contributed by atoms with van der Waals surface area (Å²) in [5.74, 6) is 0.746. The Kier molecular flexibility index (Phi) is 7.57. The van der Waals surface area contributed by atoms with Crippen molar-refractivity contribution < 1.29 is 0 Å². The lowest BCUT2D eigenvalue weighted by atomic mass is 9.97. The number of hydrogen-bond donors (Lipinski definition) is 1. The summed E-state index contributed by atoms with van der Waals surface area (Å²) < 4.78 is 1.12. The number of rotatable bonds is 7. The largest absolute Gasteiger partial charge is 0.310 e. The molecule has 18 heavy (non-hydrogen) atoms. The van der Waals surface area contributed by atoms with Gasteiger partial charge in [-0.2, -0.15) is 0 Å². The van der Waals surface area contributed by atoms with Gasteiger partial charge < -0.3 is 5.32 Å². The Morgan fingerprint density at radius 2 is 2.00 bits per heavy atom. The van der Waals surface area contributed by atoms with E-state index in [-0.39, 0.29) is 0 Å². The first-order valence-corrected chi connectivity index (χ1v) is 8.18. The Balaban J connectivity index is 2.76. The highest BCUT2D eigenvalue weighted by atomic mass is 127. The number of halogens is 2. The van der Waals surface area contributed by atoms with Gasteiger partial charge in [-0.1, -0.05) is 38.4 Å². The maximum Gasteiger partial charge on any atom is 0.0542 e. The highest BCUT2D eigenvalue weighted by molar-refractivity contribution is 14.1. The van der Waals surface area contributed by atoms with Gasteiger partial charge in [-0.15, -0.1) is 0 Å². The quantitative estimate of drug-likeness (QED) is 0.624. The van der Waals surface area contributed by atoms with E-state index in [0.717, 1.165) is 27.5 Å². The topological polar surface area (TPSA) is 12.0 Å². The minimum absolute atomic E-state index is 0.432. The summed E-state index contributed by atoms with van der Waals surface area (Å²) in [4.78, 5) is 0. The Hall–Kier alpha value is 0.200. The molecule has 1 nitrogen and oxygen atoms in total. The van der Waals surface area contributed by atoms with Crippen molar-refractivity contribution in [3.8, 4) is 0 Å². The number of hydrogen-bond acceptors (Lipinski definition) is 1. The van der Waals surface area contributed by atoms with Crippen LogP contribution in [0.3, 0.4) is 0 Å². The van der Waals surface area contributed by atoms with Gasteiger partial charge in [0.2, 0.25) is 0 Å². The molecule has 0 spiro atoms. The van der Waals surface area contributed by atoms with Crippen molar-refractivity contribution in [2.45, 2.75) is 46.1 Å². The van der Waals surface area contributed by atoms with E-state index in [2.05, 4.69) is 66.9 Å². The zero-order chi connectivity index (χ0) is 13.5. The Bertz CT molecular complexity index is 366. The summed E-state index contributed by atoms with van der Waals surface area (Å²) >= 11 is 8.49. The molecule has 0 saturated heterocycles. The standard InChI is InChI=1S/C15H23ClIN/c1-4-9-18-15(8-5-11(2)3)12-6-7-14(17)13(16)10-12/h6-7,10-11,15,18H,4-5,8-9H2,1-3H3. The van der Waals surface area contributed by atoms with E-state index in [0.29, 0.717) is 6.04 Å². The third kappa shape index (κ3) is 5.45. The van der Waals surface area contributed by atoms with Crippen LogP contribution in [0, 0.1) is 9.49 Å². The molecule has 1 aromatic rings. The lowest BCUT2D eigenvalue weighted by Gasteiger charge is -2.20. The van der Waals surface area contributed by atoms with Crippen LogP contribution in [0.4, 0.5) is 0 Å². The van der Waals surface area contributed by atoms with Crippen molar-refractivity contribution in [2.75, 3.05) is 6.54 Å². The van der Waals surface area contributed by atoms with E-state index in [1.165, 1.54) is 18.4 Å². The fraction of sp³-hybridized carbons (Fsp3) is 0.600. The van der Waals surface area contributed by atoms with Crippen LogP contribution in [0.1, 0.15) is 51.6 Å². The van der Waals surface area contributed by atoms with Crippen LogP contribution in [0.2, 0.25) is 5.02 Å². The maximum absolute atomic E-state index is 6.22. The molecule has 3 heteroatoms. The minimum atomic E-state index is 0.432. The van der Waals surface area contributed by atoms with Gasteiger partial charge in [-0.05, 0) is 72.0 Å². The molecule has 0 saturated carbocycles. The molecule has 0 aliphatic rings. The average molecular weight is 380 g/mol. The van der Waals surface area contributed by atoms with Crippen molar-refractivity contribution in [1.29, 1.82) is 0 Å². The van der Waals surface area contributed by atoms with Gasteiger partial charge in [0, 0.05) is 9.61 Å². The van der Waals surface area contributed by atoms with Gasteiger partial charge in [0.05, 0.1) is 5.02 Å². The molecule has 0 aliphatic carbocycles. The second-order valence-corrected chi connectivity index (χ2v) is 6.72. The molecular formula is C15H23ClIN. The van der Waals surface area contributed by atoms with Gasteiger partial charge in [-0.25, -0.2) is 0 Å². The van der Waals surface area contributed by atoms with Crippen LogP contribution < -0.4 is 5.32 Å². The minimum Gasteiger partial charge on any atom is -0.310 e. The molecule has 0 aliphatic heterocycles. The van der Waals surface area contributed by atoms with Gasteiger partial charge in [0.15, 0.2) is 0 Å². The number of benzene rings is 1. The molecule has 0 bridgehead atoms. The molecule has 0 fully saturated rings. The molecule has 1 atom stereocenters. The molecule has 0 radical (unpaired) electrons. The zero-order valence-corrected chi connectivity index (χ0v) is 14.4. The summed E-state index contributed by atoms with van der Waals surface area (Å²) in [6.07, 6.45) is 3.58. The van der Waals surface area contributed by atoms with Gasteiger partial charge in [0.1, 0.15) is 0 Å². The molecule has 0 amide bonds. The van der Waals surface area contributed by atoms with E-state index in [1.807, 2.05) is 0 Å². The van der Waals surface area contributed by atoms with Crippen LogP contribution in [-0.4, -0.2) is 6.54 Å². The van der Waals surface area contributed by atoms with E-state index in [9.17, 15) is 0 Å². The Morgan fingerprint density at radius 1 is 1.28 bits per heavy atom. The lowest BCUT2D eigenvalue weighted by Crippen LogP contribution is -2.22. The smallest absolute Gasteiger partial charge is 0.0542 e. The molecule has 102 valence electrons. The summed E-state index contributed by atoms with van der Waals surface area (Å²) in [6, 6.07) is 6.84. The second kappa shape index (κ2) is 8.39. The summed E-state index contributed by atoms with van der Waals surface area (Å²) in [6.45, 7) is 7.81. The van der Waals surface area contributed by atoms with Gasteiger partial charge in [-0.3, -0.25) is 0 Å². The van der Waals surface area contributed by atoms with Crippen molar-refractivity contribution in [1.82, 2.24) is 5.32 Å². The Morgan fingerprint density at radius 3 is 2.56 bits per heavy atom. The molecule has 0 aromatic heterocycles. The fourth-order valence-corrected chi connectivity index (χ4v) is 2.46. The zero-order valence-electron chi connectivity index (χ0n) is 11.5. The summed E-state index contributed by atoms with van der Waals surface area (Å²) in [5.41, 5.74) is 1.31. The van der Waals surface area contributed by atoms with Crippen molar-refractivity contribution in [3.63, 3.8) is 0 Å². The monoisotopic (exact) mass is 379 g/mol. The molecule has 1 rings (SSSR count). The van der Waals surface area contributed by atoms with E-state index < -0.39 is 0 Å². The third-order valence-electron chi connectivity index (χ3n) is 3.02. The predicted molar refractivity (Wildman–Crippen MR) is 89.3 cm³/mol. The molecule has 0 heterocycles. The first-order valence-electron chi connectivity index (χ1n) is 6.73. The van der Waals surface area contributed by atoms with Gasteiger partial charge >= 0.3 is 0 Å². The van der Waals surface area contributed by atoms with E-state index >= 15 is 0 Å². The average Bonchev–Trinajstić information content (AvgIpc) is 2.33.